The molecule has 0 spiro atoms. The number of benzene rings is 2. The van der Waals surface area contributed by atoms with Crippen LogP contribution in [-0.2, 0) is 4.79 Å². The first-order valence-electron chi connectivity index (χ1n) is 8.47. The van der Waals surface area contributed by atoms with E-state index >= 15 is 0 Å². The molecule has 1 amide bonds. The van der Waals surface area contributed by atoms with E-state index in [0.717, 1.165) is 23.3 Å². The molecule has 25 heavy (non-hydrogen) atoms. The molecule has 2 aromatic rings. The number of rotatable bonds is 8. The fourth-order valence-electron chi connectivity index (χ4n) is 2.61. The number of hydrogen-bond acceptors (Lipinski definition) is 3. The van der Waals surface area contributed by atoms with Crippen molar-refractivity contribution < 1.29 is 14.6 Å². The summed E-state index contributed by atoms with van der Waals surface area (Å²) in [6.45, 7) is 2.07. The summed E-state index contributed by atoms with van der Waals surface area (Å²) in [5, 5.41) is 12.0. The van der Waals surface area contributed by atoms with E-state index in [1.54, 1.807) is 7.11 Å². The number of aliphatic hydroxyl groups excluding tert-OH is 1. The molecule has 0 bridgehead atoms. The number of nitrogens with one attached hydrogen (secondary N) is 1. The first-order valence-corrected chi connectivity index (χ1v) is 8.47. The lowest BCUT2D eigenvalue weighted by molar-refractivity contribution is -0.116. The number of carbonyl (C=O) groups is 1. The second kappa shape index (κ2) is 9.64. The minimum Gasteiger partial charge on any atom is -0.496 e. The van der Waals surface area contributed by atoms with Crippen LogP contribution in [0.25, 0.3) is 11.6 Å². The lowest BCUT2D eigenvalue weighted by atomic mass is 10.0. The lowest BCUT2D eigenvalue weighted by Crippen LogP contribution is -2.33. The summed E-state index contributed by atoms with van der Waals surface area (Å²) in [5.74, 6) is 0.583. The Hall–Kier alpha value is -2.59. The molecule has 0 fully saturated rings. The van der Waals surface area contributed by atoms with Gasteiger partial charge in [-0.15, -0.1) is 0 Å². The van der Waals surface area contributed by atoms with Gasteiger partial charge in [-0.05, 0) is 37.5 Å². The van der Waals surface area contributed by atoms with Crippen molar-refractivity contribution in [1.82, 2.24) is 5.32 Å². The fourth-order valence-corrected chi connectivity index (χ4v) is 2.61. The van der Waals surface area contributed by atoms with Gasteiger partial charge in [0.2, 0.25) is 0 Å². The summed E-state index contributed by atoms with van der Waals surface area (Å²) in [4.78, 5) is 12.8. The van der Waals surface area contributed by atoms with Crippen molar-refractivity contribution in [3.05, 3.63) is 65.7 Å². The summed E-state index contributed by atoms with van der Waals surface area (Å²) >= 11 is 0. The fraction of sp³-hybridized carbons (Fsp3) is 0.286. The van der Waals surface area contributed by atoms with Gasteiger partial charge in [-0.3, -0.25) is 4.79 Å². The summed E-state index contributed by atoms with van der Waals surface area (Å²) in [7, 11) is 1.62. The number of hydrogen-bond donors (Lipinski definition) is 2. The van der Waals surface area contributed by atoms with Crippen LogP contribution in [0.1, 0.15) is 30.9 Å². The van der Waals surface area contributed by atoms with E-state index in [1.807, 2.05) is 67.6 Å². The Bertz CT molecular complexity index is 710. The minimum absolute atomic E-state index is 0.00979. The predicted molar refractivity (Wildman–Crippen MR) is 101 cm³/mol. The van der Waals surface area contributed by atoms with Crippen LogP contribution in [0.5, 0.6) is 5.75 Å². The van der Waals surface area contributed by atoms with Gasteiger partial charge in [-0.25, -0.2) is 0 Å². The molecular weight excluding hydrogens is 314 g/mol. The first kappa shape index (κ1) is 18.7. The van der Waals surface area contributed by atoms with Crippen LogP contribution in [-0.4, -0.2) is 30.8 Å². The van der Waals surface area contributed by atoms with Crippen LogP contribution < -0.4 is 10.1 Å². The van der Waals surface area contributed by atoms with Crippen molar-refractivity contribution >= 4 is 17.6 Å². The number of para-hydroxylation sites is 1. The highest BCUT2D eigenvalue weighted by atomic mass is 16.5. The van der Waals surface area contributed by atoms with Gasteiger partial charge >= 0.3 is 0 Å². The number of amides is 1. The van der Waals surface area contributed by atoms with E-state index in [0.29, 0.717) is 12.0 Å². The van der Waals surface area contributed by atoms with Gasteiger partial charge in [0.05, 0.1) is 7.11 Å². The number of ether oxygens (including phenoxy) is 1. The molecule has 4 heteroatoms. The number of aliphatic hydroxyl groups is 1. The van der Waals surface area contributed by atoms with Gasteiger partial charge in [-0.2, -0.15) is 0 Å². The van der Waals surface area contributed by atoms with Gasteiger partial charge in [0.15, 0.2) is 0 Å². The largest absolute Gasteiger partial charge is 0.496 e. The Morgan fingerprint density at radius 1 is 1.16 bits per heavy atom. The Kier molecular flexibility index (Phi) is 7.23. The average Bonchev–Trinajstić information content (AvgIpc) is 2.65. The highest BCUT2D eigenvalue weighted by Crippen LogP contribution is 2.25. The maximum absolute atomic E-state index is 12.8. The van der Waals surface area contributed by atoms with Crippen molar-refractivity contribution in [2.24, 2.45) is 0 Å². The van der Waals surface area contributed by atoms with Crippen LogP contribution in [0, 0.1) is 0 Å². The molecular formula is C21H25NO3. The van der Waals surface area contributed by atoms with Crippen molar-refractivity contribution in [3.8, 4) is 5.75 Å². The summed E-state index contributed by atoms with van der Waals surface area (Å²) in [5.41, 5.74) is 2.28. The van der Waals surface area contributed by atoms with Crippen LogP contribution in [0.4, 0.5) is 0 Å². The molecule has 4 nitrogen and oxygen atoms in total. The van der Waals surface area contributed by atoms with Crippen LogP contribution in [0.2, 0.25) is 0 Å². The second-order valence-electron chi connectivity index (χ2n) is 5.91. The number of carbonyl (C=O) groups excluding carboxylic acids is 1. The van der Waals surface area contributed by atoms with Crippen LogP contribution >= 0.6 is 0 Å². The zero-order chi connectivity index (χ0) is 18.1. The molecule has 0 aromatic heterocycles. The molecule has 132 valence electrons. The molecule has 1 atom stereocenters. The molecule has 0 heterocycles. The zero-order valence-corrected chi connectivity index (χ0v) is 14.7. The van der Waals surface area contributed by atoms with E-state index in [9.17, 15) is 4.79 Å². The van der Waals surface area contributed by atoms with Crippen LogP contribution in [0.15, 0.2) is 54.6 Å². The summed E-state index contributed by atoms with van der Waals surface area (Å²) in [6.07, 6.45) is 3.25. The quantitative estimate of drug-likeness (QED) is 0.571. The molecule has 0 saturated heterocycles. The van der Waals surface area contributed by atoms with Crippen molar-refractivity contribution in [3.63, 3.8) is 0 Å². The Morgan fingerprint density at radius 3 is 2.52 bits per heavy atom. The topological polar surface area (TPSA) is 58.6 Å². The van der Waals surface area contributed by atoms with Crippen LogP contribution in [0.3, 0.4) is 0 Å². The maximum atomic E-state index is 12.8. The highest BCUT2D eigenvalue weighted by Gasteiger charge is 2.15. The molecule has 0 saturated carbocycles. The van der Waals surface area contributed by atoms with Crippen molar-refractivity contribution in [1.29, 1.82) is 0 Å². The van der Waals surface area contributed by atoms with E-state index < -0.39 is 0 Å². The third-order valence-electron chi connectivity index (χ3n) is 3.94. The van der Waals surface area contributed by atoms with E-state index in [1.165, 1.54) is 0 Å². The number of methoxy groups -OCH3 is 1. The second-order valence-corrected chi connectivity index (χ2v) is 5.91. The summed E-state index contributed by atoms with van der Waals surface area (Å²) in [6, 6.07) is 17.2. The Labute approximate surface area is 149 Å². The average molecular weight is 339 g/mol. The Morgan fingerprint density at radius 2 is 1.84 bits per heavy atom. The summed E-state index contributed by atoms with van der Waals surface area (Å²) < 4.78 is 5.39. The van der Waals surface area contributed by atoms with E-state index in [4.69, 9.17) is 9.84 Å². The molecule has 0 radical (unpaired) electrons. The Balaban J connectivity index is 2.34. The normalized spacial score (nSPS) is 12.5. The molecule has 2 rings (SSSR count). The van der Waals surface area contributed by atoms with Gasteiger partial charge < -0.3 is 15.2 Å². The first-order chi connectivity index (χ1) is 12.2. The van der Waals surface area contributed by atoms with Gasteiger partial charge in [0.1, 0.15) is 5.75 Å². The van der Waals surface area contributed by atoms with E-state index in [-0.39, 0.29) is 18.6 Å². The molecule has 1 unspecified atom stereocenters. The molecule has 0 aliphatic heterocycles. The minimum atomic E-state index is -0.137. The molecule has 0 aliphatic rings. The lowest BCUT2D eigenvalue weighted by Gasteiger charge is -2.16. The standard InChI is InChI=1S/C21H25NO3/c1-16(9-8-14-23)22-21(24)19(17-10-4-3-5-11-17)15-18-12-6-7-13-20(18)25-2/h3-7,10-13,15-16,23H,8-9,14H2,1-2H3,(H,22,24)/b19-15+. The third-order valence-corrected chi connectivity index (χ3v) is 3.94. The highest BCUT2D eigenvalue weighted by molar-refractivity contribution is 6.24. The van der Waals surface area contributed by atoms with Gasteiger partial charge in [0, 0.05) is 23.8 Å². The predicted octanol–water partition coefficient (Wildman–Crippen LogP) is 3.51. The molecule has 2 N–H and O–H groups in total. The van der Waals surface area contributed by atoms with Crippen molar-refractivity contribution in [2.75, 3.05) is 13.7 Å². The zero-order valence-electron chi connectivity index (χ0n) is 14.7. The maximum Gasteiger partial charge on any atom is 0.252 e. The van der Waals surface area contributed by atoms with E-state index in [2.05, 4.69) is 5.32 Å². The van der Waals surface area contributed by atoms with Crippen molar-refractivity contribution in [2.45, 2.75) is 25.8 Å². The molecule has 2 aromatic carbocycles. The molecule has 0 aliphatic carbocycles. The van der Waals surface area contributed by atoms with Gasteiger partial charge in [0.25, 0.3) is 5.91 Å². The smallest absolute Gasteiger partial charge is 0.252 e. The monoisotopic (exact) mass is 339 g/mol. The van der Waals surface area contributed by atoms with Gasteiger partial charge in [-0.1, -0.05) is 48.5 Å². The SMILES string of the molecule is COc1ccccc1/C=C(/C(=O)NC(C)CCCO)c1ccccc1. The third kappa shape index (κ3) is 5.47.